The van der Waals surface area contributed by atoms with Crippen molar-refractivity contribution in [2.75, 3.05) is 0 Å². The Labute approximate surface area is 215 Å². The Bertz CT molecular complexity index is 1020. The maximum atomic E-state index is 13.2. The van der Waals surface area contributed by atoms with E-state index in [1.54, 1.807) is 26.3 Å². The zero-order valence-corrected chi connectivity index (χ0v) is 24.4. The van der Waals surface area contributed by atoms with E-state index >= 15 is 0 Å². The van der Waals surface area contributed by atoms with Crippen molar-refractivity contribution in [3.63, 3.8) is 0 Å². The van der Waals surface area contributed by atoms with Gasteiger partial charge in [-0.25, -0.2) is 8.42 Å². The molecule has 35 heavy (non-hydrogen) atoms. The van der Waals surface area contributed by atoms with Gasteiger partial charge in [0.15, 0.2) is 9.84 Å². The average Bonchev–Trinajstić information content (AvgIpc) is 3.04. The van der Waals surface area contributed by atoms with Crippen LogP contribution in [0.3, 0.4) is 0 Å². The lowest BCUT2D eigenvalue weighted by Crippen LogP contribution is -2.44. The monoisotopic (exact) mass is 502 g/mol. The molecule has 3 rings (SSSR count). The Balaban J connectivity index is 1.86. The Morgan fingerprint density at radius 2 is 1.71 bits per heavy atom. The van der Waals surface area contributed by atoms with Crippen LogP contribution in [-0.4, -0.2) is 29.1 Å². The standard InChI is InChI=1S/C31H50O3S/c1-22-12-15-26(32)21-25(22)14-13-24-11-10-18-31(9)27(24)17-20-30(31,8)23(2)16-19-29(6,7)35(33,34)28(3,4)5/h13-14,16,19,23,26-27,32H,1,10-12,15,17-18,20-21H2,2-9H3/b19-16+,24-13+,25-14-. The van der Waals surface area contributed by atoms with Gasteiger partial charge in [-0.3, -0.25) is 0 Å². The summed E-state index contributed by atoms with van der Waals surface area (Å²) in [6.45, 7) is 20.5. The highest BCUT2D eigenvalue weighted by atomic mass is 32.2. The molecular weight excluding hydrogens is 452 g/mol. The number of rotatable bonds is 5. The zero-order chi connectivity index (χ0) is 26.4. The molecule has 0 aliphatic heterocycles. The van der Waals surface area contributed by atoms with E-state index in [1.807, 2.05) is 19.9 Å². The van der Waals surface area contributed by atoms with Crippen LogP contribution in [0.4, 0.5) is 0 Å². The Hall–Kier alpha value is -1.13. The third-order valence-corrected chi connectivity index (χ3v) is 13.2. The first-order chi connectivity index (χ1) is 16.0. The number of aliphatic hydroxyl groups is 1. The Kier molecular flexibility index (Phi) is 7.83. The van der Waals surface area contributed by atoms with Crippen molar-refractivity contribution in [2.45, 2.75) is 122 Å². The van der Waals surface area contributed by atoms with Crippen molar-refractivity contribution in [3.05, 3.63) is 47.6 Å². The zero-order valence-electron chi connectivity index (χ0n) is 23.6. The second-order valence-corrected chi connectivity index (χ2v) is 16.9. The second-order valence-electron chi connectivity index (χ2n) is 13.6. The summed E-state index contributed by atoms with van der Waals surface area (Å²) in [5, 5.41) is 10.1. The van der Waals surface area contributed by atoms with Gasteiger partial charge in [-0.05, 0) is 114 Å². The summed E-state index contributed by atoms with van der Waals surface area (Å²) in [5.41, 5.74) is 4.24. The van der Waals surface area contributed by atoms with Gasteiger partial charge in [0, 0.05) is 0 Å². The van der Waals surface area contributed by atoms with E-state index in [0.29, 0.717) is 5.92 Å². The molecular formula is C31H50O3S. The van der Waals surface area contributed by atoms with E-state index < -0.39 is 19.3 Å². The molecule has 3 fully saturated rings. The van der Waals surface area contributed by atoms with Gasteiger partial charge in [0.1, 0.15) is 0 Å². The molecule has 5 atom stereocenters. The topological polar surface area (TPSA) is 54.4 Å². The quantitative estimate of drug-likeness (QED) is 0.391. The first-order valence-corrected chi connectivity index (χ1v) is 15.1. The molecule has 3 aliphatic rings. The van der Waals surface area contributed by atoms with Crippen LogP contribution in [0.5, 0.6) is 0 Å². The number of sulfone groups is 1. The summed E-state index contributed by atoms with van der Waals surface area (Å²) in [4.78, 5) is 0. The predicted molar refractivity (Wildman–Crippen MR) is 149 cm³/mol. The SMILES string of the molecule is C=C1CCC(O)C/C1=C/C=C1\CCCC2(C)C1CCC2(C)C(C)/C=C/C(C)(C)S(=O)(=O)C(C)(C)C. The highest BCUT2D eigenvalue weighted by Crippen LogP contribution is 2.66. The maximum Gasteiger partial charge on any atom is 0.163 e. The van der Waals surface area contributed by atoms with Gasteiger partial charge in [-0.15, -0.1) is 0 Å². The Morgan fingerprint density at radius 1 is 1.06 bits per heavy atom. The largest absolute Gasteiger partial charge is 0.393 e. The van der Waals surface area contributed by atoms with Crippen molar-refractivity contribution >= 4 is 9.84 Å². The smallest absolute Gasteiger partial charge is 0.163 e. The molecule has 1 N–H and O–H groups in total. The van der Waals surface area contributed by atoms with Crippen LogP contribution in [0.2, 0.25) is 0 Å². The second kappa shape index (κ2) is 9.63. The molecule has 3 saturated carbocycles. The lowest BCUT2D eigenvalue weighted by Gasteiger charge is -2.51. The van der Waals surface area contributed by atoms with Gasteiger partial charge < -0.3 is 5.11 Å². The fraction of sp³-hybridized carbons (Fsp3) is 0.742. The molecule has 198 valence electrons. The van der Waals surface area contributed by atoms with Crippen LogP contribution >= 0.6 is 0 Å². The molecule has 3 aliphatic carbocycles. The van der Waals surface area contributed by atoms with Crippen LogP contribution < -0.4 is 0 Å². The molecule has 0 bridgehead atoms. The van der Waals surface area contributed by atoms with Crippen LogP contribution in [0.15, 0.2) is 47.6 Å². The fourth-order valence-corrected chi connectivity index (χ4v) is 8.98. The summed E-state index contributed by atoms with van der Waals surface area (Å²) in [5.74, 6) is 0.847. The van der Waals surface area contributed by atoms with E-state index in [-0.39, 0.29) is 22.9 Å². The molecule has 0 saturated heterocycles. The summed E-state index contributed by atoms with van der Waals surface area (Å²) in [6.07, 6.45) is 16.9. The Morgan fingerprint density at radius 3 is 2.34 bits per heavy atom. The van der Waals surface area contributed by atoms with Crippen molar-refractivity contribution < 1.29 is 13.5 Å². The van der Waals surface area contributed by atoms with Crippen LogP contribution in [0.25, 0.3) is 0 Å². The lowest BCUT2D eigenvalue weighted by molar-refractivity contribution is 0.0222. The van der Waals surface area contributed by atoms with Gasteiger partial charge in [0.2, 0.25) is 0 Å². The average molecular weight is 503 g/mol. The predicted octanol–water partition coefficient (Wildman–Crippen LogP) is 7.73. The number of hydrogen-bond acceptors (Lipinski definition) is 3. The van der Waals surface area contributed by atoms with E-state index in [2.05, 4.69) is 45.6 Å². The minimum Gasteiger partial charge on any atom is -0.393 e. The number of hydrogen-bond donors (Lipinski definition) is 1. The molecule has 3 nitrogen and oxygen atoms in total. The number of fused-ring (bicyclic) bond motifs is 1. The van der Waals surface area contributed by atoms with E-state index in [1.165, 1.54) is 30.4 Å². The van der Waals surface area contributed by atoms with Crippen LogP contribution in [0.1, 0.15) is 107 Å². The maximum absolute atomic E-state index is 13.2. The molecule has 5 unspecified atom stereocenters. The van der Waals surface area contributed by atoms with Gasteiger partial charge in [-0.1, -0.05) is 62.8 Å². The van der Waals surface area contributed by atoms with Gasteiger partial charge in [-0.2, -0.15) is 0 Å². The molecule has 0 aromatic heterocycles. The minimum absolute atomic E-state index is 0.118. The summed E-state index contributed by atoms with van der Waals surface area (Å²) in [6, 6.07) is 0. The highest BCUT2D eigenvalue weighted by Gasteiger charge is 2.57. The minimum atomic E-state index is -3.32. The van der Waals surface area contributed by atoms with Gasteiger partial charge in [0.05, 0.1) is 15.6 Å². The summed E-state index contributed by atoms with van der Waals surface area (Å²) < 4.78 is 24.7. The van der Waals surface area contributed by atoms with Crippen molar-refractivity contribution in [1.29, 1.82) is 0 Å². The molecule has 0 heterocycles. The van der Waals surface area contributed by atoms with Crippen LogP contribution in [0, 0.1) is 22.7 Å². The number of aliphatic hydroxyl groups excluding tert-OH is 1. The molecule has 0 aromatic carbocycles. The van der Waals surface area contributed by atoms with Crippen molar-refractivity contribution in [2.24, 2.45) is 22.7 Å². The number of allylic oxidation sites excluding steroid dienone is 5. The van der Waals surface area contributed by atoms with Crippen molar-refractivity contribution in [1.82, 2.24) is 0 Å². The molecule has 0 radical (unpaired) electrons. The first kappa shape index (κ1) is 28.4. The van der Waals surface area contributed by atoms with Crippen molar-refractivity contribution in [3.8, 4) is 0 Å². The van der Waals surface area contributed by atoms with Gasteiger partial charge >= 0.3 is 0 Å². The summed E-state index contributed by atoms with van der Waals surface area (Å²) >= 11 is 0. The van der Waals surface area contributed by atoms with E-state index in [9.17, 15) is 13.5 Å². The first-order valence-electron chi connectivity index (χ1n) is 13.7. The summed E-state index contributed by atoms with van der Waals surface area (Å²) in [7, 11) is -3.32. The van der Waals surface area contributed by atoms with Crippen LogP contribution in [-0.2, 0) is 9.84 Å². The normalized spacial score (nSPS) is 36.2. The lowest BCUT2D eigenvalue weighted by atomic mass is 9.54. The molecule has 0 amide bonds. The highest BCUT2D eigenvalue weighted by molar-refractivity contribution is 7.94. The molecule has 4 heteroatoms. The third kappa shape index (κ3) is 5.04. The molecule has 0 aromatic rings. The third-order valence-electron chi connectivity index (χ3n) is 10.1. The molecule has 0 spiro atoms. The van der Waals surface area contributed by atoms with E-state index in [0.717, 1.165) is 32.1 Å². The van der Waals surface area contributed by atoms with E-state index in [4.69, 9.17) is 0 Å². The fourth-order valence-electron chi connectivity index (χ4n) is 7.14. The van der Waals surface area contributed by atoms with Gasteiger partial charge in [0.25, 0.3) is 0 Å².